The van der Waals surface area contributed by atoms with Gasteiger partial charge in [-0.3, -0.25) is 0 Å². The minimum Gasteiger partial charge on any atom is -0.379 e. The molecule has 4 heteroatoms. The van der Waals surface area contributed by atoms with Crippen LogP contribution in [0, 0.1) is 0 Å². The fraction of sp³-hybridized carbons (Fsp3) is 0.176. The summed E-state index contributed by atoms with van der Waals surface area (Å²) in [5.41, 5.74) is 3.40. The molecule has 2 aromatic carbocycles. The van der Waals surface area contributed by atoms with Crippen molar-refractivity contribution in [1.29, 1.82) is 0 Å². The normalized spacial score (nSPS) is 10.8. The van der Waals surface area contributed by atoms with Gasteiger partial charge in [-0.1, -0.05) is 35.9 Å². The fourth-order valence-corrected chi connectivity index (χ4v) is 3.78. The predicted molar refractivity (Wildman–Crippen MR) is 94.9 cm³/mol. The van der Waals surface area contributed by atoms with Gasteiger partial charge in [-0.25, -0.2) is 0 Å². The maximum absolute atomic E-state index is 6.30. The Morgan fingerprint density at radius 2 is 1.90 bits per heavy atom. The number of nitrogens with zero attached hydrogens (tertiary/aromatic N) is 1. The number of fused-ring (bicyclic) bond motifs is 1. The van der Waals surface area contributed by atoms with Crippen LogP contribution in [0.5, 0.6) is 0 Å². The Morgan fingerprint density at radius 3 is 2.71 bits per heavy atom. The summed E-state index contributed by atoms with van der Waals surface area (Å²) < 4.78 is 1.33. The van der Waals surface area contributed by atoms with Gasteiger partial charge in [-0.05, 0) is 34.5 Å². The highest BCUT2D eigenvalue weighted by Crippen LogP contribution is 2.33. The molecule has 2 nitrogen and oxygen atoms in total. The van der Waals surface area contributed by atoms with Crippen LogP contribution < -0.4 is 10.2 Å². The lowest BCUT2D eigenvalue weighted by Crippen LogP contribution is -2.12. The van der Waals surface area contributed by atoms with E-state index in [4.69, 9.17) is 11.6 Å². The van der Waals surface area contributed by atoms with Crippen molar-refractivity contribution in [1.82, 2.24) is 0 Å². The quantitative estimate of drug-likeness (QED) is 0.708. The second kappa shape index (κ2) is 5.96. The number of thiophene rings is 1. The zero-order valence-corrected chi connectivity index (χ0v) is 13.6. The molecule has 21 heavy (non-hydrogen) atoms. The smallest absolute Gasteiger partial charge is 0.0786 e. The predicted octanol–water partition coefficient (Wildman–Crippen LogP) is 5.23. The van der Waals surface area contributed by atoms with Gasteiger partial charge in [0, 0.05) is 25.3 Å². The zero-order valence-electron chi connectivity index (χ0n) is 12.1. The van der Waals surface area contributed by atoms with E-state index in [-0.39, 0.29) is 0 Å². The lowest BCUT2D eigenvalue weighted by Gasteiger charge is -2.20. The van der Waals surface area contributed by atoms with Crippen LogP contribution in [0.2, 0.25) is 5.02 Å². The molecule has 3 rings (SSSR count). The SMILES string of the molecule is CN(C)c1c(Cl)cccc1NCc1csc2ccccc12. The summed E-state index contributed by atoms with van der Waals surface area (Å²) >= 11 is 8.09. The molecule has 0 aliphatic heterocycles. The Hall–Kier alpha value is -1.71. The van der Waals surface area contributed by atoms with Crippen LogP contribution in [-0.2, 0) is 6.54 Å². The number of hydrogen-bond donors (Lipinski definition) is 1. The number of anilines is 2. The third-order valence-corrected chi connectivity index (χ3v) is 4.78. The average Bonchev–Trinajstić information content (AvgIpc) is 2.88. The van der Waals surface area contributed by atoms with Crippen molar-refractivity contribution in [2.75, 3.05) is 24.3 Å². The average molecular weight is 317 g/mol. The summed E-state index contributed by atoms with van der Waals surface area (Å²) in [4.78, 5) is 2.04. The molecule has 1 N–H and O–H groups in total. The summed E-state index contributed by atoms with van der Waals surface area (Å²) in [6.07, 6.45) is 0. The van der Waals surface area contributed by atoms with E-state index in [0.29, 0.717) is 0 Å². The third-order valence-electron chi connectivity index (χ3n) is 3.46. The van der Waals surface area contributed by atoms with E-state index in [1.807, 2.05) is 31.1 Å². The molecule has 0 amide bonds. The van der Waals surface area contributed by atoms with Gasteiger partial charge in [0.05, 0.1) is 16.4 Å². The zero-order chi connectivity index (χ0) is 14.8. The summed E-state index contributed by atoms with van der Waals surface area (Å²) in [5.74, 6) is 0. The lowest BCUT2D eigenvalue weighted by molar-refractivity contribution is 1.11. The van der Waals surface area contributed by atoms with Gasteiger partial charge in [0.1, 0.15) is 0 Å². The third kappa shape index (κ3) is 2.85. The molecule has 0 atom stereocenters. The van der Waals surface area contributed by atoms with Gasteiger partial charge >= 0.3 is 0 Å². The van der Waals surface area contributed by atoms with Crippen molar-refractivity contribution >= 4 is 44.4 Å². The van der Waals surface area contributed by atoms with Gasteiger partial charge in [0.2, 0.25) is 0 Å². The minimum absolute atomic E-state index is 0.764. The number of halogens is 1. The number of benzene rings is 2. The molecule has 0 bridgehead atoms. The molecule has 0 saturated carbocycles. The van der Waals surface area contributed by atoms with Gasteiger partial charge in [-0.2, -0.15) is 0 Å². The summed E-state index contributed by atoms with van der Waals surface area (Å²) in [6.45, 7) is 0.797. The van der Waals surface area contributed by atoms with E-state index < -0.39 is 0 Å². The summed E-state index contributed by atoms with van der Waals surface area (Å²) in [7, 11) is 4.01. The van der Waals surface area contributed by atoms with Gasteiger partial charge < -0.3 is 10.2 Å². The van der Waals surface area contributed by atoms with Crippen molar-refractivity contribution in [3.05, 3.63) is 58.4 Å². The van der Waals surface area contributed by atoms with Gasteiger partial charge in [-0.15, -0.1) is 11.3 Å². The van der Waals surface area contributed by atoms with Crippen molar-refractivity contribution in [3.63, 3.8) is 0 Å². The Labute approximate surface area is 134 Å². The Morgan fingerprint density at radius 1 is 1.10 bits per heavy atom. The van der Waals surface area contributed by atoms with Crippen molar-refractivity contribution in [2.24, 2.45) is 0 Å². The van der Waals surface area contributed by atoms with E-state index in [1.54, 1.807) is 11.3 Å². The number of hydrogen-bond acceptors (Lipinski definition) is 3. The van der Waals surface area contributed by atoms with Crippen LogP contribution in [-0.4, -0.2) is 14.1 Å². The highest BCUT2D eigenvalue weighted by atomic mass is 35.5. The van der Waals surface area contributed by atoms with Gasteiger partial charge in [0.25, 0.3) is 0 Å². The van der Waals surface area contributed by atoms with E-state index in [0.717, 1.165) is 22.9 Å². The molecule has 1 heterocycles. The first-order chi connectivity index (χ1) is 10.2. The summed E-state index contributed by atoms with van der Waals surface area (Å²) in [5, 5.41) is 7.82. The van der Waals surface area contributed by atoms with E-state index in [1.165, 1.54) is 15.6 Å². The van der Waals surface area contributed by atoms with Gasteiger partial charge in [0.15, 0.2) is 0 Å². The molecule has 0 unspecified atom stereocenters. The summed E-state index contributed by atoms with van der Waals surface area (Å²) in [6, 6.07) is 14.5. The molecule has 0 aliphatic rings. The van der Waals surface area contributed by atoms with Crippen LogP contribution in [0.4, 0.5) is 11.4 Å². The Bertz CT molecular complexity index is 764. The molecule has 3 aromatic rings. The molecular formula is C17H17ClN2S. The molecule has 0 aliphatic carbocycles. The molecule has 0 radical (unpaired) electrons. The second-order valence-electron chi connectivity index (χ2n) is 5.14. The van der Waals surface area contributed by atoms with Crippen LogP contribution in [0.25, 0.3) is 10.1 Å². The highest BCUT2D eigenvalue weighted by Gasteiger charge is 2.09. The maximum atomic E-state index is 6.30. The maximum Gasteiger partial charge on any atom is 0.0786 e. The van der Waals surface area contributed by atoms with Crippen molar-refractivity contribution in [3.8, 4) is 0 Å². The highest BCUT2D eigenvalue weighted by molar-refractivity contribution is 7.17. The van der Waals surface area contributed by atoms with Crippen LogP contribution in [0.1, 0.15) is 5.56 Å². The number of nitrogens with one attached hydrogen (secondary N) is 1. The molecule has 0 fully saturated rings. The first-order valence-corrected chi connectivity index (χ1v) is 8.07. The molecule has 0 spiro atoms. The first kappa shape index (κ1) is 14.2. The fourth-order valence-electron chi connectivity index (χ4n) is 2.47. The molecule has 108 valence electrons. The lowest BCUT2D eigenvalue weighted by atomic mass is 10.1. The Balaban J connectivity index is 1.87. The van der Waals surface area contributed by atoms with Crippen LogP contribution >= 0.6 is 22.9 Å². The topological polar surface area (TPSA) is 15.3 Å². The number of para-hydroxylation sites is 1. The first-order valence-electron chi connectivity index (χ1n) is 6.81. The standard InChI is InChI=1S/C17H17ClN2S/c1-20(2)17-14(18)7-5-8-15(17)19-10-12-11-21-16-9-4-3-6-13(12)16/h3-9,11,19H,10H2,1-2H3. The van der Waals surface area contributed by atoms with E-state index >= 15 is 0 Å². The van der Waals surface area contributed by atoms with E-state index in [2.05, 4.69) is 41.0 Å². The van der Waals surface area contributed by atoms with Crippen molar-refractivity contribution < 1.29 is 0 Å². The molecular weight excluding hydrogens is 300 g/mol. The van der Waals surface area contributed by atoms with Crippen molar-refractivity contribution in [2.45, 2.75) is 6.54 Å². The molecule has 0 saturated heterocycles. The largest absolute Gasteiger partial charge is 0.379 e. The molecule has 1 aromatic heterocycles. The Kier molecular flexibility index (Phi) is 4.04. The monoisotopic (exact) mass is 316 g/mol. The van der Waals surface area contributed by atoms with E-state index in [9.17, 15) is 0 Å². The van der Waals surface area contributed by atoms with Crippen LogP contribution in [0.3, 0.4) is 0 Å². The minimum atomic E-state index is 0.764. The number of rotatable bonds is 4. The van der Waals surface area contributed by atoms with Crippen LogP contribution in [0.15, 0.2) is 47.8 Å². The second-order valence-corrected chi connectivity index (χ2v) is 6.46.